The number of hydrazine groups is 1. The lowest BCUT2D eigenvalue weighted by atomic mass is 9.98. The van der Waals surface area contributed by atoms with Crippen LogP contribution in [0.15, 0.2) is 36.4 Å². The Morgan fingerprint density at radius 3 is 2.62 bits per heavy atom. The van der Waals surface area contributed by atoms with Gasteiger partial charge in [-0.05, 0) is 23.8 Å². The summed E-state index contributed by atoms with van der Waals surface area (Å²) in [6.45, 7) is 1.06. The predicted molar refractivity (Wildman–Crippen MR) is 83.1 cm³/mol. The fourth-order valence-corrected chi connectivity index (χ4v) is 2.69. The number of nitrogens with one attached hydrogen (secondary N) is 1. The number of nitrogens with two attached hydrogens (primary N) is 1. The van der Waals surface area contributed by atoms with Gasteiger partial charge in [0.25, 0.3) is 0 Å². The second-order valence-corrected chi connectivity index (χ2v) is 5.46. The number of para-hydroxylation sites is 1. The molecule has 3 rings (SSSR count). The van der Waals surface area contributed by atoms with Gasteiger partial charge in [0.05, 0.1) is 16.1 Å². The molecule has 0 aliphatic carbocycles. The Hall–Kier alpha value is -1.46. The fourth-order valence-electron chi connectivity index (χ4n) is 2.38. The van der Waals surface area contributed by atoms with Crippen LogP contribution in [0, 0.1) is 0 Å². The molecule has 110 valence electrons. The average Bonchev–Trinajstić information content (AvgIpc) is 2.52. The van der Waals surface area contributed by atoms with Gasteiger partial charge in [0.15, 0.2) is 11.5 Å². The molecule has 0 saturated carbocycles. The Morgan fingerprint density at radius 2 is 1.86 bits per heavy atom. The van der Waals surface area contributed by atoms with Crippen LogP contribution in [-0.2, 0) is 0 Å². The molecule has 21 heavy (non-hydrogen) atoms. The van der Waals surface area contributed by atoms with E-state index in [9.17, 15) is 0 Å². The first-order chi connectivity index (χ1) is 10.2. The highest BCUT2D eigenvalue weighted by atomic mass is 35.5. The number of fused-ring (bicyclic) bond motifs is 1. The van der Waals surface area contributed by atoms with Crippen LogP contribution in [0.25, 0.3) is 0 Å². The molecule has 0 fully saturated rings. The highest BCUT2D eigenvalue weighted by Crippen LogP contribution is 2.39. The fraction of sp³-hybridized carbons (Fsp3) is 0.200. The highest BCUT2D eigenvalue weighted by Gasteiger charge is 2.23. The first kappa shape index (κ1) is 14.5. The molecule has 0 radical (unpaired) electrons. The summed E-state index contributed by atoms with van der Waals surface area (Å²) >= 11 is 12.1. The molecule has 4 nitrogen and oxygen atoms in total. The average molecular weight is 325 g/mol. The summed E-state index contributed by atoms with van der Waals surface area (Å²) in [5.74, 6) is 7.16. The monoisotopic (exact) mass is 324 g/mol. The summed E-state index contributed by atoms with van der Waals surface area (Å²) in [6, 6.07) is 10.9. The van der Waals surface area contributed by atoms with Crippen LogP contribution in [0.4, 0.5) is 0 Å². The third-order valence-corrected chi connectivity index (χ3v) is 4.09. The largest absolute Gasteiger partial charge is 0.486 e. The minimum Gasteiger partial charge on any atom is -0.486 e. The topological polar surface area (TPSA) is 56.5 Å². The summed E-state index contributed by atoms with van der Waals surface area (Å²) in [6.07, 6.45) is 0. The summed E-state index contributed by atoms with van der Waals surface area (Å²) < 4.78 is 11.3. The Kier molecular flexibility index (Phi) is 4.22. The number of ether oxygens (including phenoxy) is 2. The van der Waals surface area contributed by atoms with E-state index in [1.807, 2.05) is 24.3 Å². The van der Waals surface area contributed by atoms with Gasteiger partial charge in [0, 0.05) is 5.56 Å². The number of halogens is 2. The number of rotatable bonds is 3. The smallest absolute Gasteiger partial charge is 0.166 e. The van der Waals surface area contributed by atoms with E-state index >= 15 is 0 Å². The number of hydrogen-bond donors (Lipinski definition) is 2. The molecular weight excluding hydrogens is 311 g/mol. The summed E-state index contributed by atoms with van der Waals surface area (Å²) in [4.78, 5) is 0. The van der Waals surface area contributed by atoms with Crippen molar-refractivity contribution in [2.75, 3.05) is 13.2 Å². The maximum Gasteiger partial charge on any atom is 0.166 e. The van der Waals surface area contributed by atoms with Gasteiger partial charge in [-0.25, -0.2) is 5.43 Å². The maximum absolute atomic E-state index is 6.09. The molecular formula is C15H14Cl2N2O2. The van der Waals surface area contributed by atoms with E-state index in [0.717, 1.165) is 16.9 Å². The van der Waals surface area contributed by atoms with Crippen LogP contribution in [0.3, 0.4) is 0 Å². The van der Waals surface area contributed by atoms with Crippen LogP contribution in [0.5, 0.6) is 11.5 Å². The second-order valence-electron chi connectivity index (χ2n) is 4.64. The van der Waals surface area contributed by atoms with Crippen molar-refractivity contribution in [1.29, 1.82) is 0 Å². The Bertz CT molecular complexity index is 664. The van der Waals surface area contributed by atoms with E-state index in [1.54, 1.807) is 12.1 Å². The molecule has 0 bridgehead atoms. The van der Waals surface area contributed by atoms with Gasteiger partial charge < -0.3 is 9.47 Å². The van der Waals surface area contributed by atoms with Crippen LogP contribution >= 0.6 is 23.2 Å². The number of benzene rings is 2. The molecule has 3 N–H and O–H groups in total. The normalized spacial score (nSPS) is 14.8. The Balaban J connectivity index is 2.06. The zero-order valence-corrected chi connectivity index (χ0v) is 12.6. The van der Waals surface area contributed by atoms with Crippen molar-refractivity contribution in [1.82, 2.24) is 5.43 Å². The van der Waals surface area contributed by atoms with Crippen LogP contribution < -0.4 is 20.7 Å². The SMILES string of the molecule is NNC(c1ccc(Cl)c(Cl)c1)c1cccc2c1OCCO2. The Labute approximate surface area is 132 Å². The standard InChI is InChI=1S/C15H14Cl2N2O2/c16-11-5-4-9(8-12(11)17)14(19-18)10-2-1-3-13-15(10)21-7-6-20-13/h1-5,8,14,19H,6-7,18H2. The van der Waals surface area contributed by atoms with Crippen molar-refractivity contribution in [2.45, 2.75) is 6.04 Å². The van der Waals surface area contributed by atoms with Gasteiger partial charge in [0.1, 0.15) is 13.2 Å². The van der Waals surface area contributed by atoms with Crippen molar-refractivity contribution >= 4 is 23.2 Å². The molecule has 2 aromatic carbocycles. The van der Waals surface area contributed by atoms with Crippen molar-refractivity contribution in [3.05, 3.63) is 57.6 Å². The molecule has 0 aromatic heterocycles. The molecule has 1 unspecified atom stereocenters. The molecule has 6 heteroatoms. The molecule has 0 amide bonds. The molecule has 1 aliphatic heterocycles. The Morgan fingerprint density at radius 1 is 1.05 bits per heavy atom. The van der Waals surface area contributed by atoms with E-state index in [1.165, 1.54) is 0 Å². The van der Waals surface area contributed by atoms with Crippen molar-refractivity contribution in [2.24, 2.45) is 5.84 Å². The van der Waals surface area contributed by atoms with Crippen molar-refractivity contribution < 1.29 is 9.47 Å². The molecule has 1 atom stereocenters. The minimum absolute atomic E-state index is 0.267. The summed E-state index contributed by atoms with van der Waals surface area (Å²) in [7, 11) is 0. The minimum atomic E-state index is -0.267. The van der Waals surface area contributed by atoms with Crippen molar-refractivity contribution in [3.8, 4) is 11.5 Å². The molecule has 0 saturated heterocycles. The predicted octanol–water partition coefficient (Wildman–Crippen LogP) is 3.32. The maximum atomic E-state index is 6.09. The van der Waals surface area contributed by atoms with Crippen LogP contribution in [-0.4, -0.2) is 13.2 Å². The quantitative estimate of drug-likeness (QED) is 0.671. The summed E-state index contributed by atoms with van der Waals surface area (Å²) in [5, 5.41) is 0.988. The lowest BCUT2D eigenvalue weighted by Gasteiger charge is -2.25. The first-order valence-corrected chi connectivity index (χ1v) is 7.26. The molecule has 1 heterocycles. The molecule has 1 aliphatic rings. The van der Waals surface area contributed by atoms with Gasteiger partial charge in [-0.2, -0.15) is 0 Å². The molecule has 0 spiro atoms. The third-order valence-electron chi connectivity index (χ3n) is 3.35. The second kappa shape index (κ2) is 6.12. The van der Waals surface area contributed by atoms with Gasteiger partial charge in [-0.3, -0.25) is 5.84 Å². The van der Waals surface area contributed by atoms with Gasteiger partial charge >= 0.3 is 0 Å². The number of hydrogen-bond acceptors (Lipinski definition) is 4. The van der Waals surface area contributed by atoms with Gasteiger partial charge in [-0.15, -0.1) is 0 Å². The molecule has 2 aromatic rings. The highest BCUT2D eigenvalue weighted by molar-refractivity contribution is 6.42. The van der Waals surface area contributed by atoms with Crippen molar-refractivity contribution in [3.63, 3.8) is 0 Å². The third kappa shape index (κ3) is 2.80. The van der Waals surface area contributed by atoms with Gasteiger partial charge in [0.2, 0.25) is 0 Å². The zero-order valence-electron chi connectivity index (χ0n) is 11.1. The van der Waals surface area contributed by atoms with Crippen LogP contribution in [0.2, 0.25) is 10.0 Å². The summed E-state index contributed by atoms with van der Waals surface area (Å²) in [5.41, 5.74) is 4.59. The first-order valence-electron chi connectivity index (χ1n) is 6.50. The van der Waals surface area contributed by atoms with Crippen LogP contribution in [0.1, 0.15) is 17.2 Å². The van der Waals surface area contributed by atoms with E-state index in [0.29, 0.717) is 29.0 Å². The van der Waals surface area contributed by atoms with E-state index in [-0.39, 0.29) is 6.04 Å². The van der Waals surface area contributed by atoms with Gasteiger partial charge in [-0.1, -0.05) is 41.4 Å². The van der Waals surface area contributed by atoms with E-state index < -0.39 is 0 Å². The zero-order chi connectivity index (χ0) is 14.8. The van der Waals surface area contributed by atoms with E-state index in [2.05, 4.69) is 5.43 Å². The lowest BCUT2D eigenvalue weighted by molar-refractivity contribution is 0.169. The van der Waals surface area contributed by atoms with E-state index in [4.69, 9.17) is 38.5 Å². The lowest BCUT2D eigenvalue weighted by Crippen LogP contribution is -2.30.